The van der Waals surface area contributed by atoms with Crippen molar-refractivity contribution in [3.05, 3.63) is 11.1 Å². The summed E-state index contributed by atoms with van der Waals surface area (Å²) in [5.74, 6) is -0.198. The van der Waals surface area contributed by atoms with Crippen molar-refractivity contribution in [3.63, 3.8) is 0 Å². The Morgan fingerprint density at radius 2 is 2.53 bits per heavy atom. The molecular weight excluding hydrogens is 216 g/mol. The van der Waals surface area contributed by atoms with E-state index in [1.54, 1.807) is 12.4 Å². The molecule has 0 bridgehead atoms. The summed E-state index contributed by atoms with van der Waals surface area (Å²) in [4.78, 5) is 13.3. The van der Waals surface area contributed by atoms with Crippen molar-refractivity contribution in [1.29, 1.82) is 0 Å². The average molecular weight is 228 g/mol. The molecule has 1 aliphatic heterocycles. The Labute approximate surface area is 91.1 Å². The molecular formula is C8H12N4O2S. The third kappa shape index (κ3) is 1.99. The Bertz CT molecular complexity index is 342. The van der Waals surface area contributed by atoms with E-state index in [-0.39, 0.29) is 11.9 Å². The first-order chi connectivity index (χ1) is 7.20. The van der Waals surface area contributed by atoms with Crippen LogP contribution in [0.15, 0.2) is 5.38 Å². The zero-order valence-electron chi connectivity index (χ0n) is 8.25. The second-order valence-electron chi connectivity index (χ2n) is 3.50. The molecule has 15 heavy (non-hydrogen) atoms. The third-order valence-electron chi connectivity index (χ3n) is 2.55. The van der Waals surface area contributed by atoms with E-state index >= 15 is 0 Å². The molecule has 2 heterocycles. The van der Waals surface area contributed by atoms with Crippen molar-refractivity contribution in [2.75, 3.05) is 20.1 Å². The van der Waals surface area contributed by atoms with Crippen LogP contribution in [0.4, 0.5) is 0 Å². The van der Waals surface area contributed by atoms with Gasteiger partial charge in [0, 0.05) is 25.5 Å². The van der Waals surface area contributed by atoms with E-state index in [1.165, 1.54) is 4.90 Å². The number of hydrogen-bond acceptors (Lipinski definition) is 6. The normalized spacial score (nSPS) is 25.5. The smallest absolute Gasteiger partial charge is 0.275 e. The predicted octanol–water partition coefficient (Wildman–Crippen LogP) is -1.06. The molecule has 0 spiro atoms. The van der Waals surface area contributed by atoms with Crippen LogP contribution in [0.3, 0.4) is 0 Å². The summed E-state index contributed by atoms with van der Waals surface area (Å²) in [6.45, 7) is 1.14. The molecule has 1 aliphatic rings. The molecule has 82 valence electrons. The molecule has 1 amide bonds. The first kappa shape index (κ1) is 10.5. The highest BCUT2D eigenvalue weighted by molar-refractivity contribution is 7.03. The molecule has 1 fully saturated rings. The molecule has 2 rings (SSSR count). The number of amides is 1. The minimum Gasteiger partial charge on any atom is -0.390 e. The number of aliphatic hydroxyl groups excluding tert-OH is 1. The van der Waals surface area contributed by atoms with Crippen molar-refractivity contribution in [1.82, 2.24) is 19.8 Å². The maximum atomic E-state index is 11.8. The quantitative estimate of drug-likeness (QED) is 0.675. The van der Waals surface area contributed by atoms with E-state index < -0.39 is 6.10 Å². The monoisotopic (exact) mass is 228 g/mol. The molecule has 1 aromatic rings. The standard InChI is InChI=1S/C8H12N4O2S/c1-12(6-2-9-3-7(6)13)8(14)5-4-15-11-10-5/h4,6-7,9,13H,2-3H2,1H3/t6-,7-/m0/s1. The molecule has 0 aromatic carbocycles. The van der Waals surface area contributed by atoms with Crippen LogP contribution in [-0.4, -0.2) is 57.8 Å². The van der Waals surface area contributed by atoms with Crippen molar-refractivity contribution < 1.29 is 9.90 Å². The number of aliphatic hydroxyl groups is 1. The highest BCUT2D eigenvalue weighted by Crippen LogP contribution is 2.11. The summed E-state index contributed by atoms with van der Waals surface area (Å²) in [6, 6.07) is -0.181. The van der Waals surface area contributed by atoms with Crippen molar-refractivity contribution in [2.45, 2.75) is 12.1 Å². The van der Waals surface area contributed by atoms with Crippen molar-refractivity contribution in [2.24, 2.45) is 0 Å². The maximum Gasteiger partial charge on any atom is 0.275 e. The molecule has 1 saturated heterocycles. The van der Waals surface area contributed by atoms with Crippen LogP contribution < -0.4 is 5.32 Å². The van der Waals surface area contributed by atoms with Crippen molar-refractivity contribution in [3.8, 4) is 0 Å². The van der Waals surface area contributed by atoms with Gasteiger partial charge < -0.3 is 15.3 Å². The van der Waals surface area contributed by atoms with Gasteiger partial charge in [-0.2, -0.15) is 0 Å². The predicted molar refractivity (Wildman–Crippen MR) is 54.7 cm³/mol. The maximum absolute atomic E-state index is 11.8. The van der Waals surface area contributed by atoms with E-state index in [4.69, 9.17) is 0 Å². The Kier molecular flexibility index (Phi) is 2.94. The Balaban J connectivity index is 2.07. The van der Waals surface area contributed by atoms with Gasteiger partial charge in [0.15, 0.2) is 5.69 Å². The zero-order valence-corrected chi connectivity index (χ0v) is 9.07. The molecule has 2 N–H and O–H groups in total. The number of aromatic nitrogens is 2. The lowest BCUT2D eigenvalue weighted by Gasteiger charge is -2.25. The van der Waals surface area contributed by atoms with Crippen LogP contribution in [0.5, 0.6) is 0 Å². The second-order valence-corrected chi connectivity index (χ2v) is 4.11. The van der Waals surface area contributed by atoms with Crippen LogP contribution in [0.1, 0.15) is 10.5 Å². The van der Waals surface area contributed by atoms with E-state index in [2.05, 4.69) is 14.9 Å². The van der Waals surface area contributed by atoms with Crippen LogP contribution in [0.2, 0.25) is 0 Å². The number of nitrogens with one attached hydrogen (secondary N) is 1. The average Bonchev–Trinajstić information content (AvgIpc) is 2.85. The number of β-amino-alcohol motifs (C(OH)–C–C–N with tert-alkyl or cyclic N) is 1. The second kappa shape index (κ2) is 4.21. The molecule has 1 aromatic heterocycles. The van der Waals surface area contributed by atoms with E-state index in [0.29, 0.717) is 18.8 Å². The van der Waals surface area contributed by atoms with Gasteiger partial charge in [0.05, 0.1) is 12.1 Å². The van der Waals surface area contributed by atoms with Gasteiger partial charge in [0.2, 0.25) is 0 Å². The number of carbonyl (C=O) groups excluding carboxylic acids is 1. The Hall–Kier alpha value is -1.05. The lowest BCUT2D eigenvalue weighted by atomic mass is 10.2. The van der Waals surface area contributed by atoms with Gasteiger partial charge in [0.25, 0.3) is 5.91 Å². The lowest BCUT2D eigenvalue weighted by Crippen LogP contribution is -2.44. The third-order valence-corrected chi connectivity index (χ3v) is 3.05. The molecule has 0 aliphatic carbocycles. The molecule has 2 atom stereocenters. The first-order valence-electron chi connectivity index (χ1n) is 4.63. The number of likely N-dealkylation sites (N-methyl/N-ethyl adjacent to an activating group) is 1. The number of carbonyl (C=O) groups is 1. The minimum atomic E-state index is -0.509. The zero-order chi connectivity index (χ0) is 10.8. The highest BCUT2D eigenvalue weighted by Gasteiger charge is 2.32. The van der Waals surface area contributed by atoms with Gasteiger partial charge in [-0.25, -0.2) is 0 Å². The fourth-order valence-corrected chi connectivity index (χ4v) is 2.07. The molecule has 7 heteroatoms. The molecule has 0 unspecified atom stereocenters. The highest BCUT2D eigenvalue weighted by atomic mass is 32.1. The van der Waals surface area contributed by atoms with Crippen LogP contribution in [0, 0.1) is 0 Å². The molecule has 0 saturated carbocycles. The largest absolute Gasteiger partial charge is 0.390 e. The van der Waals surface area contributed by atoms with Crippen LogP contribution in [-0.2, 0) is 0 Å². The number of rotatable bonds is 2. The minimum absolute atomic E-state index is 0.181. The van der Waals surface area contributed by atoms with Crippen molar-refractivity contribution >= 4 is 17.4 Å². The van der Waals surface area contributed by atoms with Gasteiger partial charge in [0.1, 0.15) is 0 Å². The summed E-state index contributed by atoms with van der Waals surface area (Å²) in [6.07, 6.45) is -0.509. The Morgan fingerprint density at radius 1 is 1.73 bits per heavy atom. The fraction of sp³-hybridized carbons (Fsp3) is 0.625. The van der Waals surface area contributed by atoms with Gasteiger partial charge in [-0.1, -0.05) is 4.49 Å². The van der Waals surface area contributed by atoms with Crippen LogP contribution >= 0.6 is 11.5 Å². The topological polar surface area (TPSA) is 78.4 Å². The van der Waals surface area contributed by atoms with Gasteiger partial charge in [-0.3, -0.25) is 4.79 Å². The van der Waals surface area contributed by atoms with Gasteiger partial charge in [-0.15, -0.1) is 5.10 Å². The van der Waals surface area contributed by atoms with E-state index in [1.807, 2.05) is 0 Å². The first-order valence-corrected chi connectivity index (χ1v) is 5.47. The van der Waals surface area contributed by atoms with Crippen LogP contribution in [0.25, 0.3) is 0 Å². The number of hydrogen-bond donors (Lipinski definition) is 2. The van der Waals surface area contributed by atoms with E-state index in [0.717, 1.165) is 11.5 Å². The number of nitrogens with zero attached hydrogens (tertiary/aromatic N) is 3. The summed E-state index contributed by atoms with van der Waals surface area (Å²) >= 11 is 1.14. The molecule has 0 radical (unpaired) electrons. The Morgan fingerprint density at radius 3 is 3.07 bits per heavy atom. The molecule has 6 nitrogen and oxygen atoms in total. The van der Waals surface area contributed by atoms with Gasteiger partial charge in [-0.05, 0) is 11.5 Å². The lowest BCUT2D eigenvalue weighted by molar-refractivity contribution is 0.0576. The SMILES string of the molecule is CN(C(=O)c1csnn1)[C@H]1CNC[C@@H]1O. The summed E-state index contributed by atoms with van der Waals surface area (Å²) in [5, 5.41) is 18.0. The van der Waals surface area contributed by atoms with Gasteiger partial charge >= 0.3 is 0 Å². The van der Waals surface area contributed by atoms with E-state index in [9.17, 15) is 9.90 Å². The summed E-state index contributed by atoms with van der Waals surface area (Å²) < 4.78 is 3.64. The summed E-state index contributed by atoms with van der Waals surface area (Å²) in [5.41, 5.74) is 0.335. The fourth-order valence-electron chi connectivity index (χ4n) is 1.64. The summed E-state index contributed by atoms with van der Waals surface area (Å²) in [7, 11) is 1.67.